The molecule has 20 heavy (non-hydrogen) atoms. The van der Waals surface area contributed by atoms with Gasteiger partial charge in [0.2, 0.25) is 10.8 Å². The molecule has 0 aromatic carbocycles. The fraction of sp³-hybridized carbons (Fsp3) is 0.0833. The van der Waals surface area contributed by atoms with Crippen LogP contribution in [0.2, 0.25) is 0 Å². The van der Waals surface area contributed by atoms with Gasteiger partial charge >= 0.3 is 0 Å². The Morgan fingerprint density at radius 3 is 2.95 bits per heavy atom. The summed E-state index contributed by atoms with van der Waals surface area (Å²) in [6, 6.07) is 1.89. The Balaban J connectivity index is 1.90. The zero-order valence-electron chi connectivity index (χ0n) is 10.4. The van der Waals surface area contributed by atoms with E-state index in [-0.39, 0.29) is 0 Å². The molecular formula is C12H8N6OS. The van der Waals surface area contributed by atoms with E-state index >= 15 is 0 Å². The van der Waals surface area contributed by atoms with Gasteiger partial charge in [0.1, 0.15) is 11.5 Å². The average Bonchev–Trinajstić information content (AvgIpc) is 3.13. The van der Waals surface area contributed by atoms with Gasteiger partial charge in [-0.2, -0.15) is 9.61 Å². The van der Waals surface area contributed by atoms with E-state index in [2.05, 4.69) is 25.3 Å². The number of rotatable bonds is 2. The molecule has 8 heteroatoms. The highest BCUT2D eigenvalue weighted by atomic mass is 32.1. The van der Waals surface area contributed by atoms with E-state index in [9.17, 15) is 0 Å². The van der Waals surface area contributed by atoms with E-state index < -0.39 is 0 Å². The van der Waals surface area contributed by atoms with Crippen LogP contribution in [0.15, 0.2) is 35.3 Å². The molecule has 0 spiro atoms. The first-order valence-electron chi connectivity index (χ1n) is 5.86. The molecule has 4 aromatic rings. The molecule has 4 rings (SSSR count). The molecule has 0 aliphatic heterocycles. The zero-order valence-corrected chi connectivity index (χ0v) is 11.2. The molecule has 0 saturated heterocycles. The lowest BCUT2D eigenvalue weighted by Gasteiger charge is -1.94. The summed E-state index contributed by atoms with van der Waals surface area (Å²) < 4.78 is 6.98. The van der Waals surface area contributed by atoms with Gasteiger partial charge in [0, 0.05) is 12.4 Å². The minimum absolute atomic E-state index is 0.580. The Morgan fingerprint density at radius 2 is 2.20 bits per heavy atom. The van der Waals surface area contributed by atoms with Crippen molar-refractivity contribution in [2.75, 3.05) is 0 Å². The fourth-order valence-corrected chi connectivity index (χ4v) is 2.82. The minimum Gasteiger partial charge on any atom is -0.469 e. The van der Waals surface area contributed by atoms with Crippen LogP contribution in [0.4, 0.5) is 0 Å². The average molecular weight is 284 g/mol. The highest BCUT2D eigenvalue weighted by molar-refractivity contribution is 7.19. The van der Waals surface area contributed by atoms with E-state index in [1.54, 1.807) is 29.4 Å². The third-order valence-electron chi connectivity index (χ3n) is 2.87. The van der Waals surface area contributed by atoms with Crippen molar-refractivity contribution in [1.82, 2.24) is 29.8 Å². The molecule has 0 saturated carbocycles. The molecule has 0 amide bonds. The van der Waals surface area contributed by atoms with E-state index in [0.29, 0.717) is 16.5 Å². The van der Waals surface area contributed by atoms with Gasteiger partial charge in [0.25, 0.3) is 0 Å². The van der Waals surface area contributed by atoms with E-state index in [4.69, 9.17) is 4.42 Å². The van der Waals surface area contributed by atoms with Gasteiger partial charge in [-0.25, -0.2) is 4.98 Å². The Morgan fingerprint density at radius 1 is 1.25 bits per heavy atom. The zero-order chi connectivity index (χ0) is 13.5. The third-order valence-corrected chi connectivity index (χ3v) is 3.80. The third kappa shape index (κ3) is 1.62. The van der Waals surface area contributed by atoms with Crippen molar-refractivity contribution >= 4 is 16.3 Å². The fourth-order valence-electron chi connectivity index (χ4n) is 1.91. The second kappa shape index (κ2) is 4.20. The van der Waals surface area contributed by atoms with Crippen molar-refractivity contribution in [1.29, 1.82) is 0 Å². The Bertz CT molecular complexity index is 878. The number of aryl methyl sites for hydroxylation is 1. The molecule has 98 valence electrons. The summed E-state index contributed by atoms with van der Waals surface area (Å²) in [6.45, 7) is 1.90. The molecule has 0 fully saturated rings. The van der Waals surface area contributed by atoms with Crippen molar-refractivity contribution in [2.45, 2.75) is 6.92 Å². The Labute approximate surface area is 116 Å². The quantitative estimate of drug-likeness (QED) is 0.561. The summed E-state index contributed by atoms with van der Waals surface area (Å²) >= 11 is 1.45. The topological polar surface area (TPSA) is 82.0 Å². The molecule has 0 bridgehead atoms. The van der Waals surface area contributed by atoms with Gasteiger partial charge in [-0.1, -0.05) is 11.3 Å². The summed E-state index contributed by atoms with van der Waals surface area (Å²) in [6.07, 6.45) is 6.52. The standard InChI is InChI=1S/C12H8N6OS/c1-7-8(2-5-19-7)11-17-18-10(15-16-12(18)20-11)9-6-13-3-4-14-9/h2-6H,1H3. The number of aromatic nitrogens is 6. The van der Waals surface area contributed by atoms with Crippen LogP contribution in [-0.4, -0.2) is 29.8 Å². The van der Waals surface area contributed by atoms with Crippen LogP contribution in [0.3, 0.4) is 0 Å². The largest absolute Gasteiger partial charge is 0.469 e. The number of hydrogen-bond donors (Lipinski definition) is 0. The first-order valence-corrected chi connectivity index (χ1v) is 6.67. The molecule has 0 aliphatic carbocycles. The van der Waals surface area contributed by atoms with Crippen LogP contribution in [0.1, 0.15) is 5.76 Å². The SMILES string of the molecule is Cc1occc1-c1nn2c(-c3cnccn3)nnc2s1. The number of fused-ring (bicyclic) bond motifs is 1. The lowest BCUT2D eigenvalue weighted by Crippen LogP contribution is -1.93. The summed E-state index contributed by atoms with van der Waals surface area (Å²) in [4.78, 5) is 8.97. The summed E-state index contributed by atoms with van der Waals surface area (Å²) in [5, 5.41) is 13.6. The van der Waals surface area contributed by atoms with Crippen LogP contribution in [0.5, 0.6) is 0 Å². The van der Waals surface area contributed by atoms with Gasteiger partial charge in [-0.15, -0.1) is 10.2 Å². The van der Waals surface area contributed by atoms with Crippen molar-refractivity contribution in [3.05, 3.63) is 36.7 Å². The molecule has 7 nitrogen and oxygen atoms in total. The molecule has 0 unspecified atom stereocenters. The first kappa shape index (κ1) is 11.2. The van der Waals surface area contributed by atoms with E-state index in [1.807, 2.05) is 13.0 Å². The first-order chi connectivity index (χ1) is 9.83. The van der Waals surface area contributed by atoms with Crippen molar-refractivity contribution in [2.24, 2.45) is 0 Å². The van der Waals surface area contributed by atoms with Gasteiger partial charge in [-0.3, -0.25) is 4.98 Å². The maximum atomic E-state index is 5.31. The molecule has 0 radical (unpaired) electrons. The van der Waals surface area contributed by atoms with Crippen molar-refractivity contribution in [3.8, 4) is 22.1 Å². The second-order valence-electron chi connectivity index (χ2n) is 4.11. The second-order valence-corrected chi connectivity index (χ2v) is 5.06. The highest BCUT2D eigenvalue weighted by Crippen LogP contribution is 2.29. The predicted molar refractivity (Wildman–Crippen MR) is 72.1 cm³/mol. The van der Waals surface area contributed by atoms with Crippen LogP contribution < -0.4 is 0 Å². The normalized spacial score (nSPS) is 11.2. The highest BCUT2D eigenvalue weighted by Gasteiger charge is 2.17. The number of nitrogens with zero attached hydrogens (tertiary/aromatic N) is 6. The molecule has 4 heterocycles. The van der Waals surface area contributed by atoms with Crippen LogP contribution in [0, 0.1) is 6.92 Å². The van der Waals surface area contributed by atoms with Crippen LogP contribution in [-0.2, 0) is 0 Å². The smallest absolute Gasteiger partial charge is 0.235 e. The van der Waals surface area contributed by atoms with Crippen LogP contribution in [0.25, 0.3) is 27.1 Å². The van der Waals surface area contributed by atoms with Crippen molar-refractivity contribution in [3.63, 3.8) is 0 Å². The van der Waals surface area contributed by atoms with E-state index in [1.165, 1.54) is 11.3 Å². The number of hydrogen-bond acceptors (Lipinski definition) is 7. The van der Waals surface area contributed by atoms with Gasteiger partial charge in [0.05, 0.1) is 18.0 Å². The summed E-state index contributed by atoms with van der Waals surface area (Å²) in [7, 11) is 0. The molecule has 0 aliphatic rings. The van der Waals surface area contributed by atoms with Crippen LogP contribution >= 0.6 is 11.3 Å². The molecule has 0 N–H and O–H groups in total. The van der Waals surface area contributed by atoms with Crippen molar-refractivity contribution < 1.29 is 4.42 Å². The monoisotopic (exact) mass is 284 g/mol. The predicted octanol–water partition coefficient (Wildman–Crippen LogP) is 2.21. The Hall–Kier alpha value is -2.61. The van der Waals surface area contributed by atoms with Gasteiger partial charge in [0.15, 0.2) is 5.01 Å². The molecular weight excluding hydrogens is 276 g/mol. The molecule has 4 aromatic heterocycles. The number of furan rings is 1. The summed E-state index contributed by atoms with van der Waals surface area (Å²) in [5.74, 6) is 1.41. The lowest BCUT2D eigenvalue weighted by atomic mass is 10.3. The van der Waals surface area contributed by atoms with Gasteiger partial charge < -0.3 is 4.42 Å². The maximum absolute atomic E-state index is 5.31. The minimum atomic E-state index is 0.580. The Kier molecular flexibility index (Phi) is 2.36. The van der Waals surface area contributed by atoms with Gasteiger partial charge in [-0.05, 0) is 13.0 Å². The maximum Gasteiger partial charge on any atom is 0.235 e. The summed E-state index contributed by atoms with van der Waals surface area (Å²) in [5.41, 5.74) is 1.60. The molecule has 0 atom stereocenters. The lowest BCUT2D eigenvalue weighted by molar-refractivity contribution is 0.535. The van der Waals surface area contributed by atoms with E-state index in [0.717, 1.165) is 16.3 Å².